The minimum atomic E-state index is -0.202. The molecule has 0 N–H and O–H groups in total. The number of fused-ring (bicyclic) bond motifs is 1. The smallest absolute Gasteiger partial charge is 0.231 e. The Morgan fingerprint density at radius 1 is 1.17 bits per heavy atom. The molecule has 0 saturated heterocycles. The summed E-state index contributed by atoms with van der Waals surface area (Å²) in [5.41, 5.74) is 3.20. The van der Waals surface area contributed by atoms with E-state index in [1.807, 2.05) is 30.3 Å². The van der Waals surface area contributed by atoms with Crippen molar-refractivity contribution in [3.63, 3.8) is 0 Å². The van der Waals surface area contributed by atoms with Gasteiger partial charge in [0.15, 0.2) is 11.5 Å². The molecule has 1 unspecified atom stereocenters. The largest absolute Gasteiger partial charge is 0.496 e. The van der Waals surface area contributed by atoms with E-state index in [-0.39, 0.29) is 12.7 Å². The Morgan fingerprint density at radius 2 is 2.00 bits per heavy atom. The van der Waals surface area contributed by atoms with Gasteiger partial charge in [-0.2, -0.15) is 5.26 Å². The summed E-state index contributed by atoms with van der Waals surface area (Å²) in [6.07, 6.45) is 1.52. The molecule has 2 aromatic rings. The number of hydrogen-bond acceptors (Lipinski definition) is 4. The Bertz CT molecular complexity index is 749. The molecule has 0 spiro atoms. The lowest BCUT2D eigenvalue weighted by Gasteiger charge is -2.13. The average Bonchev–Trinajstić information content (AvgIpc) is 3.06. The molecule has 4 heteroatoms. The highest BCUT2D eigenvalue weighted by atomic mass is 16.7. The second-order valence-electron chi connectivity index (χ2n) is 5.50. The van der Waals surface area contributed by atoms with Crippen LogP contribution in [-0.2, 0) is 12.8 Å². The Labute approximate surface area is 136 Å². The average molecular weight is 309 g/mol. The lowest BCUT2D eigenvalue weighted by molar-refractivity contribution is 0.174. The predicted molar refractivity (Wildman–Crippen MR) is 87.0 cm³/mol. The van der Waals surface area contributed by atoms with Crippen LogP contribution in [0.15, 0.2) is 36.4 Å². The number of methoxy groups -OCH3 is 1. The monoisotopic (exact) mass is 309 g/mol. The van der Waals surface area contributed by atoms with Crippen molar-refractivity contribution in [3.8, 4) is 23.3 Å². The molecule has 0 aliphatic carbocycles. The molecule has 0 bridgehead atoms. The minimum Gasteiger partial charge on any atom is -0.496 e. The number of aryl methyl sites for hydroxylation is 1. The summed E-state index contributed by atoms with van der Waals surface area (Å²) in [6.45, 7) is 2.35. The Hall–Kier alpha value is -2.67. The molecule has 1 atom stereocenters. The van der Waals surface area contributed by atoms with Crippen molar-refractivity contribution in [3.05, 3.63) is 53.1 Å². The molecule has 1 aliphatic rings. The van der Waals surface area contributed by atoms with Crippen LogP contribution in [0, 0.1) is 11.3 Å². The van der Waals surface area contributed by atoms with E-state index in [4.69, 9.17) is 14.2 Å². The van der Waals surface area contributed by atoms with Crippen LogP contribution in [0.25, 0.3) is 0 Å². The Kier molecular flexibility index (Phi) is 4.38. The molecule has 2 aromatic carbocycles. The number of rotatable bonds is 5. The number of hydrogen-bond donors (Lipinski definition) is 0. The van der Waals surface area contributed by atoms with Gasteiger partial charge >= 0.3 is 0 Å². The summed E-state index contributed by atoms with van der Waals surface area (Å²) in [5, 5.41) is 9.59. The molecule has 0 saturated carbocycles. The van der Waals surface area contributed by atoms with Crippen molar-refractivity contribution < 1.29 is 14.2 Å². The first-order valence-electron chi connectivity index (χ1n) is 7.70. The van der Waals surface area contributed by atoms with E-state index < -0.39 is 0 Å². The Morgan fingerprint density at radius 3 is 2.74 bits per heavy atom. The summed E-state index contributed by atoms with van der Waals surface area (Å²) in [7, 11) is 1.67. The van der Waals surface area contributed by atoms with Gasteiger partial charge in [0.1, 0.15) is 5.75 Å². The van der Waals surface area contributed by atoms with Gasteiger partial charge in [0, 0.05) is 0 Å². The number of ether oxygens (including phenoxy) is 3. The fourth-order valence-corrected chi connectivity index (χ4v) is 2.83. The van der Waals surface area contributed by atoms with Gasteiger partial charge in [-0.1, -0.05) is 25.1 Å². The zero-order valence-corrected chi connectivity index (χ0v) is 13.3. The second-order valence-corrected chi connectivity index (χ2v) is 5.50. The van der Waals surface area contributed by atoms with Crippen LogP contribution < -0.4 is 14.2 Å². The first-order valence-corrected chi connectivity index (χ1v) is 7.70. The van der Waals surface area contributed by atoms with E-state index in [2.05, 4.69) is 19.1 Å². The lowest BCUT2D eigenvalue weighted by Crippen LogP contribution is -2.02. The van der Waals surface area contributed by atoms with Crippen LogP contribution in [0.1, 0.15) is 29.5 Å². The summed E-state index contributed by atoms with van der Waals surface area (Å²) >= 11 is 0. The van der Waals surface area contributed by atoms with Crippen LogP contribution >= 0.6 is 0 Å². The topological polar surface area (TPSA) is 51.5 Å². The zero-order valence-electron chi connectivity index (χ0n) is 13.3. The first kappa shape index (κ1) is 15.2. The van der Waals surface area contributed by atoms with E-state index in [0.717, 1.165) is 40.4 Å². The molecule has 0 aromatic heterocycles. The molecule has 4 nitrogen and oxygen atoms in total. The summed E-state index contributed by atoms with van der Waals surface area (Å²) < 4.78 is 16.1. The molecule has 1 heterocycles. The highest BCUT2D eigenvalue weighted by Crippen LogP contribution is 2.34. The second kappa shape index (κ2) is 6.62. The minimum absolute atomic E-state index is 0.202. The van der Waals surface area contributed by atoms with Gasteiger partial charge in [-0.25, -0.2) is 0 Å². The first-order chi connectivity index (χ1) is 11.2. The fraction of sp³-hybridized carbons (Fsp3) is 0.316. The van der Waals surface area contributed by atoms with Crippen molar-refractivity contribution >= 4 is 0 Å². The molecular formula is C19H19NO3. The maximum Gasteiger partial charge on any atom is 0.231 e. The molecule has 0 amide bonds. The van der Waals surface area contributed by atoms with Crippen molar-refractivity contribution in [2.45, 2.75) is 25.7 Å². The third-order valence-electron chi connectivity index (χ3n) is 4.12. The van der Waals surface area contributed by atoms with Crippen molar-refractivity contribution in [2.75, 3.05) is 13.9 Å². The van der Waals surface area contributed by atoms with Crippen LogP contribution in [0.2, 0.25) is 0 Å². The molecule has 0 radical (unpaired) electrons. The van der Waals surface area contributed by atoms with Crippen molar-refractivity contribution in [1.82, 2.24) is 0 Å². The highest BCUT2D eigenvalue weighted by Gasteiger charge is 2.17. The number of nitrogens with zero attached hydrogens (tertiary/aromatic N) is 1. The van der Waals surface area contributed by atoms with Crippen molar-refractivity contribution in [2.24, 2.45) is 0 Å². The standard InChI is InChI=1S/C19H19NO3/c1-3-14-10-15(5-7-17(14)21-2)16(11-20)8-13-4-6-18-19(9-13)23-12-22-18/h4-7,9-10,16H,3,8,12H2,1-2H3. The predicted octanol–water partition coefficient (Wildman–Crippen LogP) is 3.84. The maximum absolute atomic E-state index is 9.59. The SMILES string of the molecule is CCc1cc(C(C#N)Cc2ccc3c(c2)OCO3)ccc1OC. The van der Waals surface area contributed by atoms with Crippen LogP contribution in [-0.4, -0.2) is 13.9 Å². The number of benzene rings is 2. The molecule has 118 valence electrons. The molecular weight excluding hydrogens is 290 g/mol. The van der Waals surface area contributed by atoms with E-state index in [1.165, 1.54) is 0 Å². The Balaban J connectivity index is 1.84. The summed E-state index contributed by atoms with van der Waals surface area (Å²) in [5.74, 6) is 2.19. The van der Waals surface area contributed by atoms with Gasteiger partial charge in [-0.3, -0.25) is 0 Å². The van der Waals surface area contributed by atoms with Crippen LogP contribution in [0.4, 0.5) is 0 Å². The quantitative estimate of drug-likeness (QED) is 0.842. The van der Waals surface area contributed by atoms with Crippen LogP contribution in [0.3, 0.4) is 0 Å². The van der Waals surface area contributed by atoms with E-state index in [9.17, 15) is 5.26 Å². The summed E-state index contributed by atoms with van der Waals surface area (Å²) in [6, 6.07) is 14.2. The molecule has 0 fully saturated rings. The van der Waals surface area contributed by atoms with Crippen LogP contribution in [0.5, 0.6) is 17.2 Å². The van der Waals surface area contributed by atoms with E-state index in [0.29, 0.717) is 6.42 Å². The zero-order chi connectivity index (χ0) is 16.2. The molecule has 3 rings (SSSR count). The summed E-state index contributed by atoms with van der Waals surface area (Å²) in [4.78, 5) is 0. The third-order valence-corrected chi connectivity index (χ3v) is 4.12. The van der Waals surface area contributed by atoms with Gasteiger partial charge in [0.25, 0.3) is 0 Å². The van der Waals surface area contributed by atoms with Gasteiger partial charge in [0.2, 0.25) is 6.79 Å². The van der Waals surface area contributed by atoms with Gasteiger partial charge in [-0.15, -0.1) is 0 Å². The lowest BCUT2D eigenvalue weighted by atomic mass is 9.91. The fourth-order valence-electron chi connectivity index (χ4n) is 2.83. The third kappa shape index (κ3) is 3.09. The van der Waals surface area contributed by atoms with Gasteiger partial charge in [-0.05, 0) is 47.7 Å². The van der Waals surface area contributed by atoms with Gasteiger partial charge < -0.3 is 14.2 Å². The normalized spacial score (nSPS) is 13.4. The number of nitriles is 1. The van der Waals surface area contributed by atoms with Gasteiger partial charge in [0.05, 0.1) is 19.1 Å². The maximum atomic E-state index is 9.59. The van der Waals surface area contributed by atoms with Crippen molar-refractivity contribution in [1.29, 1.82) is 5.26 Å². The molecule has 23 heavy (non-hydrogen) atoms. The molecule has 1 aliphatic heterocycles. The van der Waals surface area contributed by atoms with E-state index in [1.54, 1.807) is 7.11 Å². The van der Waals surface area contributed by atoms with E-state index >= 15 is 0 Å². The highest BCUT2D eigenvalue weighted by molar-refractivity contribution is 5.46.